The van der Waals surface area contributed by atoms with E-state index in [4.69, 9.17) is 9.47 Å². The molecule has 2 aromatic carbocycles. The number of unbranched alkanes of at least 4 members (excludes halogenated alkanes) is 1. The quantitative estimate of drug-likeness (QED) is 0.113. The van der Waals surface area contributed by atoms with Crippen LogP contribution in [0.5, 0.6) is 0 Å². The van der Waals surface area contributed by atoms with Gasteiger partial charge in [0.1, 0.15) is 48.5 Å². The second kappa shape index (κ2) is 23.6. The maximum atomic E-state index is 14.6. The number of hydrogen-bond donors (Lipinski definition) is 5. The molecule has 3 aliphatic heterocycles. The van der Waals surface area contributed by atoms with Crippen molar-refractivity contribution >= 4 is 47.7 Å². The van der Waals surface area contributed by atoms with Gasteiger partial charge >= 0.3 is 18.2 Å². The van der Waals surface area contributed by atoms with Crippen molar-refractivity contribution < 1.29 is 52.9 Å². The number of nitrogens with one attached hydrogen (secondary N) is 4. The molecule has 6 rings (SSSR count). The van der Waals surface area contributed by atoms with Gasteiger partial charge in [-0.05, 0) is 119 Å². The van der Waals surface area contributed by atoms with Gasteiger partial charge in [0.05, 0.1) is 0 Å². The average molecular weight is 972 g/mol. The predicted octanol–water partition coefficient (Wildman–Crippen LogP) is 5.32. The van der Waals surface area contributed by atoms with Crippen LogP contribution in [0.1, 0.15) is 130 Å². The van der Waals surface area contributed by atoms with Crippen molar-refractivity contribution in [3.8, 4) is 11.1 Å². The Kier molecular flexibility index (Phi) is 17.9. The zero-order chi connectivity index (χ0) is 50.9. The average Bonchev–Trinajstić information content (AvgIpc) is 4.14. The lowest BCUT2D eigenvalue weighted by Crippen LogP contribution is -2.59. The van der Waals surface area contributed by atoms with E-state index in [1.54, 1.807) is 34.6 Å². The number of nitrogens with zero attached hydrogens (tertiary/aromatic N) is 3. The van der Waals surface area contributed by atoms with Crippen LogP contribution in [0, 0.1) is 11.8 Å². The molecule has 4 aliphatic rings. The summed E-state index contributed by atoms with van der Waals surface area (Å²) in [4.78, 5) is 113. The van der Waals surface area contributed by atoms with Gasteiger partial charge in [0.25, 0.3) is 0 Å². The summed E-state index contributed by atoms with van der Waals surface area (Å²) in [6.07, 6.45) is 2.47. The lowest BCUT2D eigenvalue weighted by molar-refractivity contribution is -0.153. The Balaban J connectivity index is 1.14. The largest absolute Gasteiger partial charge is 0.480 e. The molecule has 0 bridgehead atoms. The van der Waals surface area contributed by atoms with Crippen LogP contribution in [-0.2, 0) is 38.2 Å². The Bertz CT molecular complexity index is 2200. The highest BCUT2D eigenvalue weighted by Gasteiger charge is 2.47. The maximum absolute atomic E-state index is 14.6. The molecule has 1 aliphatic carbocycles. The van der Waals surface area contributed by atoms with Crippen LogP contribution in [0.4, 0.5) is 9.59 Å². The fraction of sp³-hybridized carbons (Fsp3) is 0.615. The molecule has 0 spiro atoms. The predicted molar refractivity (Wildman–Crippen MR) is 260 cm³/mol. The first-order valence-corrected chi connectivity index (χ1v) is 25.1. The Hall–Kier alpha value is -6.20. The van der Waals surface area contributed by atoms with E-state index in [2.05, 4.69) is 21.3 Å². The minimum absolute atomic E-state index is 0.0337. The van der Waals surface area contributed by atoms with E-state index in [0.717, 1.165) is 22.3 Å². The lowest BCUT2D eigenvalue weighted by atomic mass is 9.98. The highest BCUT2D eigenvalue weighted by atomic mass is 16.6. The highest BCUT2D eigenvalue weighted by Crippen LogP contribution is 2.44. The number of carbonyl (C=O) groups is 8. The molecule has 0 aromatic heterocycles. The van der Waals surface area contributed by atoms with Crippen LogP contribution in [0.15, 0.2) is 48.5 Å². The van der Waals surface area contributed by atoms with E-state index in [-0.39, 0.29) is 50.3 Å². The molecule has 3 fully saturated rings. The topological polar surface area (TPSA) is 233 Å². The van der Waals surface area contributed by atoms with Crippen molar-refractivity contribution in [2.24, 2.45) is 11.8 Å². The minimum Gasteiger partial charge on any atom is -0.480 e. The van der Waals surface area contributed by atoms with Gasteiger partial charge in [-0.3, -0.25) is 24.0 Å². The number of carboxylic acid groups (broad SMARTS) is 1. The molecule has 3 saturated heterocycles. The standard InChI is InChI=1S/C52H73N7O11/c1-31(2)29-39(46(62)57-26-14-22-40(57)47(63)58-27-15-23-41(58)48(64)59-28-16-24-42(59)49(65)66)55-44(60)38(21-12-13-25-53-50(67)70-52(5,6)7)54-45(61)43(32(3)4)56-51(68)69-30-37-35-19-10-8-17-33(35)34-18-9-11-20-36(34)37/h8-11,17-20,31-32,37-43H,12-16,21-30H2,1-7H3,(H,53,67)(H,54,61)(H,55,60)(H,56,68)(H,65,66)/t38-,39-,40-,41-,42-,43-/m0/s1. The molecule has 7 amide bonds. The van der Waals surface area contributed by atoms with Crippen LogP contribution < -0.4 is 21.3 Å². The fourth-order valence-electron chi connectivity index (χ4n) is 10.2. The molecule has 0 radical (unpaired) electrons. The van der Waals surface area contributed by atoms with Gasteiger partial charge in [0.2, 0.25) is 29.5 Å². The number of fused-ring (bicyclic) bond motifs is 3. The summed E-state index contributed by atoms with van der Waals surface area (Å²) >= 11 is 0. The van der Waals surface area contributed by atoms with E-state index < -0.39 is 89.6 Å². The fourth-order valence-corrected chi connectivity index (χ4v) is 10.2. The summed E-state index contributed by atoms with van der Waals surface area (Å²) in [5.41, 5.74) is 3.52. The molecular formula is C52H73N7O11. The summed E-state index contributed by atoms with van der Waals surface area (Å²) in [7, 11) is 0. The van der Waals surface area contributed by atoms with Crippen LogP contribution in [0.25, 0.3) is 11.1 Å². The van der Waals surface area contributed by atoms with Crippen molar-refractivity contribution in [2.45, 2.75) is 160 Å². The first-order chi connectivity index (χ1) is 33.2. The molecule has 6 atom stereocenters. The molecular weight excluding hydrogens is 899 g/mol. The number of hydrogen-bond acceptors (Lipinski definition) is 10. The van der Waals surface area contributed by atoms with Gasteiger partial charge in [0.15, 0.2) is 0 Å². The number of alkyl carbamates (subject to hydrolysis) is 2. The zero-order valence-electron chi connectivity index (χ0n) is 41.8. The second-order valence-electron chi connectivity index (χ2n) is 20.8. The summed E-state index contributed by atoms with van der Waals surface area (Å²) in [5.74, 6) is -4.28. The van der Waals surface area contributed by atoms with Crippen LogP contribution in [0.2, 0.25) is 0 Å². The third-order valence-electron chi connectivity index (χ3n) is 13.6. The number of aliphatic carboxylic acids is 1. The van der Waals surface area contributed by atoms with E-state index in [0.29, 0.717) is 64.5 Å². The second-order valence-corrected chi connectivity index (χ2v) is 20.8. The van der Waals surface area contributed by atoms with Gasteiger partial charge in [-0.25, -0.2) is 14.4 Å². The number of carbonyl (C=O) groups excluding carboxylic acids is 7. The molecule has 0 saturated carbocycles. The maximum Gasteiger partial charge on any atom is 0.407 e. The van der Waals surface area contributed by atoms with E-state index in [9.17, 15) is 43.5 Å². The van der Waals surface area contributed by atoms with Crippen LogP contribution in [0.3, 0.4) is 0 Å². The van der Waals surface area contributed by atoms with E-state index >= 15 is 0 Å². The molecule has 0 unspecified atom stereocenters. The lowest BCUT2D eigenvalue weighted by Gasteiger charge is -2.35. The van der Waals surface area contributed by atoms with Crippen molar-refractivity contribution in [3.63, 3.8) is 0 Å². The summed E-state index contributed by atoms with van der Waals surface area (Å²) in [6.45, 7) is 13.7. The third kappa shape index (κ3) is 13.2. The number of ether oxygens (including phenoxy) is 2. The normalized spacial score (nSPS) is 20.1. The monoisotopic (exact) mass is 972 g/mol. The van der Waals surface area contributed by atoms with Crippen molar-refractivity contribution in [1.29, 1.82) is 0 Å². The minimum atomic E-state index is -1.17. The van der Waals surface area contributed by atoms with Crippen molar-refractivity contribution in [2.75, 3.05) is 32.8 Å². The molecule has 5 N–H and O–H groups in total. The molecule has 382 valence electrons. The number of benzene rings is 2. The summed E-state index contributed by atoms with van der Waals surface area (Å²) in [6, 6.07) is 9.90. The highest BCUT2D eigenvalue weighted by molar-refractivity contribution is 5.97. The van der Waals surface area contributed by atoms with Gasteiger partial charge in [-0.2, -0.15) is 0 Å². The third-order valence-corrected chi connectivity index (χ3v) is 13.6. The number of likely N-dealkylation sites (tertiary alicyclic amines) is 3. The van der Waals surface area contributed by atoms with Gasteiger partial charge in [0, 0.05) is 32.1 Å². The first kappa shape index (κ1) is 53.2. The molecule has 18 nitrogen and oxygen atoms in total. The molecule has 2 aromatic rings. The van der Waals surface area contributed by atoms with Crippen molar-refractivity contribution in [1.82, 2.24) is 36.0 Å². The molecule has 18 heteroatoms. The van der Waals surface area contributed by atoms with Crippen molar-refractivity contribution in [3.05, 3.63) is 59.7 Å². The Morgan fingerprint density at radius 2 is 1.20 bits per heavy atom. The zero-order valence-corrected chi connectivity index (χ0v) is 41.8. The van der Waals surface area contributed by atoms with E-state index in [1.165, 1.54) is 14.7 Å². The van der Waals surface area contributed by atoms with Crippen LogP contribution in [-0.4, -0.2) is 142 Å². The van der Waals surface area contributed by atoms with Gasteiger partial charge in [-0.1, -0.05) is 76.2 Å². The SMILES string of the molecule is CC(C)C[C@H](NC(=O)[C@H](CCCCNC(=O)OC(C)(C)C)NC(=O)[C@@H](NC(=O)OCC1c2ccccc2-c2ccccc21)C(C)C)C(=O)N1CCC[C@H]1C(=O)N1CCC[C@H]1C(=O)N1CCC[C@H]1C(=O)O. The number of rotatable bonds is 19. The van der Waals surface area contributed by atoms with Gasteiger partial charge in [-0.15, -0.1) is 0 Å². The summed E-state index contributed by atoms with van der Waals surface area (Å²) in [5, 5.41) is 20.9. The summed E-state index contributed by atoms with van der Waals surface area (Å²) < 4.78 is 11.1. The Morgan fingerprint density at radius 3 is 1.76 bits per heavy atom. The van der Waals surface area contributed by atoms with Crippen LogP contribution >= 0.6 is 0 Å². The van der Waals surface area contributed by atoms with E-state index in [1.807, 2.05) is 62.4 Å². The first-order valence-electron chi connectivity index (χ1n) is 25.1. The number of carboxylic acids is 1. The number of amides is 7. The van der Waals surface area contributed by atoms with Gasteiger partial charge < -0.3 is 50.5 Å². The molecule has 70 heavy (non-hydrogen) atoms. The Labute approximate surface area is 411 Å². The molecule has 3 heterocycles. The Morgan fingerprint density at radius 1 is 0.671 bits per heavy atom. The smallest absolute Gasteiger partial charge is 0.407 e.